The Kier molecular flexibility index (Phi) is 5.88. The second-order valence-corrected chi connectivity index (χ2v) is 7.42. The number of fused-ring (bicyclic) bond motifs is 1. The van der Waals surface area contributed by atoms with Crippen LogP contribution in [0.4, 0.5) is 11.6 Å². The molecule has 7 nitrogen and oxygen atoms in total. The Balaban J connectivity index is 1.76. The molecule has 3 aromatic rings. The van der Waals surface area contributed by atoms with Gasteiger partial charge in [0.2, 0.25) is 5.95 Å². The van der Waals surface area contributed by atoms with E-state index in [1.54, 1.807) is 17.8 Å². The molecule has 0 saturated carbocycles. The van der Waals surface area contributed by atoms with E-state index in [1.807, 2.05) is 12.4 Å². The fourth-order valence-electron chi connectivity index (χ4n) is 3.19. The van der Waals surface area contributed by atoms with Crippen molar-refractivity contribution >= 4 is 28.5 Å². The molecule has 0 saturated heterocycles. The molecule has 144 valence electrons. The van der Waals surface area contributed by atoms with E-state index in [-0.39, 0.29) is 5.78 Å². The number of ketones is 1. The Hall–Kier alpha value is -2.70. The number of anilines is 2. The van der Waals surface area contributed by atoms with Gasteiger partial charge in [0, 0.05) is 43.5 Å². The highest BCUT2D eigenvalue weighted by Gasteiger charge is 2.14. The standard InChI is InChI=1S/C20H28N6O/c1-5-16(14(2)3)12-25-8-7-17-10-21-20(24-19(17)25)23-18-11-22-26(13-18)9-6-15(4)27/h7-8,10-11,13-14,16H,5-6,9,12H2,1-4H3,(H,21,23,24)/t16-/m1/s1. The Bertz CT molecular complexity index is 910. The Morgan fingerprint density at radius 2 is 2.11 bits per heavy atom. The van der Waals surface area contributed by atoms with Crippen LogP contribution in [0.3, 0.4) is 0 Å². The maximum atomic E-state index is 11.1. The van der Waals surface area contributed by atoms with Crippen molar-refractivity contribution in [3.05, 3.63) is 30.9 Å². The quantitative estimate of drug-likeness (QED) is 0.617. The molecular formula is C20H28N6O. The number of nitrogens with one attached hydrogen (secondary N) is 1. The number of carbonyl (C=O) groups is 1. The van der Waals surface area contributed by atoms with Crippen molar-refractivity contribution in [2.75, 3.05) is 5.32 Å². The van der Waals surface area contributed by atoms with Gasteiger partial charge in [-0.2, -0.15) is 10.1 Å². The summed E-state index contributed by atoms with van der Waals surface area (Å²) >= 11 is 0. The summed E-state index contributed by atoms with van der Waals surface area (Å²) < 4.78 is 3.96. The maximum Gasteiger partial charge on any atom is 0.229 e. The second kappa shape index (κ2) is 8.33. The highest BCUT2D eigenvalue weighted by Crippen LogP contribution is 2.22. The van der Waals surface area contributed by atoms with Gasteiger partial charge in [0.15, 0.2) is 0 Å². The zero-order chi connectivity index (χ0) is 19.4. The normalized spacial score (nSPS) is 12.6. The number of aryl methyl sites for hydroxylation is 1. The van der Waals surface area contributed by atoms with Gasteiger partial charge in [-0.25, -0.2) is 4.98 Å². The SMILES string of the molecule is CC[C@H](Cn1ccc2cnc(Nc3cnn(CCC(C)=O)c3)nc21)C(C)C. The molecular weight excluding hydrogens is 340 g/mol. The number of aromatic nitrogens is 5. The molecule has 1 atom stereocenters. The van der Waals surface area contributed by atoms with Gasteiger partial charge in [-0.05, 0) is 24.8 Å². The highest BCUT2D eigenvalue weighted by molar-refractivity contribution is 5.77. The minimum Gasteiger partial charge on any atom is -0.332 e. The summed E-state index contributed by atoms with van der Waals surface area (Å²) in [7, 11) is 0. The van der Waals surface area contributed by atoms with Crippen molar-refractivity contribution in [3.8, 4) is 0 Å². The first-order valence-corrected chi connectivity index (χ1v) is 9.57. The molecule has 0 aliphatic heterocycles. The van der Waals surface area contributed by atoms with E-state index in [0.29, 0.717) is 30.7 Å². The lowest BCUT2D eigenvalue weighted by Gasteiger charge is -2.20. The molecule has 1 N–H and O–H groups in total. The van der Waals surface area contributed by atoms with E-state index in [4.69, 9.17) is 4.98 Å². The number of nitrogens with zero attached hydrogens (tertiary/aromatic N) is 5. The van der Waals surface area contributed by atoms with Crippen molar-refractivity contribution < 1.29 is 4.79 Å². The minimum absolute atomic E-state index is 0.154. The lowest BCUT2D eigenvalue weighted by Crippen LogP contribution is -2.15. The highest BCUT2D eigenvalue weighted by atomic mass is 16.1. The van der Waals surface area contributed by atoms with Crippen LogP contribution in [0.2, 0.25) is 0 Å². The van der Waals surface area contributed by atoms with E-state index in [1.165, 1.54) is 0 Å². The molecule has 0 radical (unpaired) electrons. The summed E-state index contributed by atoms with van der Waals surface area (Å²) in [5.74, 6) is 1.95. The van der Waals surface area contributed by atoms with Gasteiger partial charge in [-0.3, -0.25) is 9.48 Å². The molecule has 0 bridgehead atoms. The number of Topliss-reactive ketones (excluding diaryl/α,β-unsaturated/α-hetero) is 1. The lowest BCUT2D eigenvalue weighted by atomic mass is 9.93. The first kappa shape index (κ1) is 19.1. The molecule has 0 aliphatic carbocycles. The summed E-state index contributed by atoms with van der Waals surface area (Å²) in [5.41, 5.74) is 1.75. The fourth-order valence-corrected chi connectivity index (χ4v) is 3.19. The maximum absolute atomic E-state index is 11.1. The third kappa shape index (κ3) is 4.72. The van der Waals surface area contributed by atoms with E-state index >= 15 is 0 Å². The van der Waals surface area contributed by atoms with Crippen LogP contribution in [0, 0.1) is 11.8 Å². The summed E-state index contributed by atoms with van der Waals surface area (Å²) in [6, 6.07) is 2.06. The third-order valence-electron chi connectivity index (χ3n) is 4.98. The van der Waals surface area contributed by atoms with Crippen LogP contribution in [0.1, 0.15) is 40.5 Å². The molecule has 0 unspecified atom stereocenters. The van der Waals surface area contributed by atoms with Crippen molar-refractivity contribution in [2.45, 2.75) is 53.6 Å². The second-order valence-electron chi connectivity index (χ2n) is 7.42. The van der Waals surface area contributed by atoms with Gasteiger partial charge in [-0.1, -0.05) is 27.2 Å². The van der Waals surface area contributed by atoms with Gasteiger partial charge < -0.3 is 9.88 Å². The van der Waals surface area contributed by atoms with Crippen LogP contribution in [0.5, 0.6) is 0 Å². The number of carbonyl (C=O) groups excluding carboxylic acids is 1. The average Bonchev–Trinajstić information content (AvgIpc) is 3.24. The smallest absolute Gasteiger partial charge is 0.229 e. The summed E-state index contributed by atoms with van der Waals surface area (Å²) in [6.45, 7) is 9.90. The van der Waals surface area contributed by atoms with E-state index in [2.05, 4.69) is 53.0 Å². The average molecular weight is 368 g/mol. The van der Waals surface area contributed by atoms with Crippen LogP contribution in [-0.4, -0.2) is 30.1 Å². The van der Waals surface area contributed by atoms with Gasteiger partial charge in [0.25, 0.3) is 0 Å². The van der Waals surface area contributed by atoms with Gasteiger partial charge >= 0.3 is 0 Å². The molecule has 0 aliphatic rings. The van der Waals surface area contributed by atoms with Gasteiger partial charge in [0.05, 0.1) is 11.9 Å². The van der Waals surface area contributed by atoms with Crippen LogP contribution in [0.15, 0.2) is 30.9 Å². The molecule has 3 aromatic heterocycles. The van der Waals surface area contributed by atoms with E-state index < -0.39 is 0 Å². The molecule has 3 rings (SSSR count). The largest absolute Gasteiger partial charge is 0.332 e. The molecule has 0 amide bonds. The molecule has 3 heterocycles. The Morgan fingerprint density at radius 3 is 2.81 bits per heavy atom. The van der Waals surface area contributed by atoms with Crippen LogP contribution in [-0.2, 0) is 17.9 Å². The monoisotopic (exact) mass is 368 g/mol. The molecule has 0 fully saturated rings. The first-order chi connectivity index (χ1) is 13.0. The predicted molar refractivity (Wildman–Crippen MR) is 107 cm³/mol. The molecule has 7 heteroatoms. The zero-order valence-electron chi connectivity index (χ0n) is 16.5. The van der Waals surface area contributed by atoms with Crippen molar-refractivity contribution in [3.63, 3.8) is 0 Å². The zero-order valence-corrected chi connectivity index (χ0v) is 16.5. The summed E-state index contributed by atoms with van der Waals surface area (Å²) in [6.07, 6.45) is 9.14. The fraction of sp³-hybridized carbons (Fsp3) is 0.500. The number of hydrogen-bond donors (Lipinski definition) is 1. The third-order valence-corrected chi connectivity index (χ3v) is 4.98. The Labute approximate surface area is 159 Å². The summed E-state index contributed by atoms with van der Waals surface area (Å²) in [4.78, 5) is 20.2. The van der Waals surface area contributed by atoms with Crippen molar-refractivity contribution in [1.29, 1.82) is 0 Å². The van der Waals surface area contributed by atoms with E-state index in [9.17, 15) is 4.79 Å². The first-order valence-electron chi connectivity index (χ1n) is 9.57. The van der Waals surface area contributed by atoms with Crippen LogP contribution >= 0.6 is 0 Å². The lowest BCUT2D eigenvalue weighted by molar-refractivity contribution is -0.117. The van der Waals surface area contributed by atoms with Gasteiger partial charge in [0.1, 0.15) is 11.4 Å². The van der Waals surface area contributed by atoms with Crippen LogP contribution in [0.25, 0.3) is 11.0 Å². The molecule has 0 spiro atoms. The Morgan fingerprint density at radius 1 is 1.30 bits per heavy atom. The van der Waals surface area contributed by atoms with Crippen molar-refractivity contribution in [2.24, 2.45) is 11.8 Å². The molecule has 27 heavy (non-hydrogen) atoms. The predicted octanol–water partition coefficient (Wildman–Crippen LogP) is 4.03. The topological polar surface area (TPSA) is 77.6 Å². The molecule has 0 aromatic carbocycles. The number of rotatable bonds is 9. The number of hydrogen-bond acceptors (Lipinski definition) is 5. The van der Waals surface area contributed by atoms with E-state index in [0.717, 1.165) is 29.7 Å². The summed E-state index contributed by atoms with van der Waals surface area (Å²) in [5, 5.41) is 8.51. The minimum atomic E-state index is 0.154. The van der Waals surface area contributed by atoms with Crippen LogP contribution < -0.4 is 5.32 Å². The van der Waals surface area contributed by atoms with Crippen molar-refractivity contribution in [1.82, 2.24) is 24.3 Å². The van der Waals surface area contributed by atoms with Gasteiger partial charge in [-0.15, -0.1) is 0 Å².